The Balaban J connectivity index is 1.60. The number of nitrogens with two attached hydrogens (primary N) is 1. The number of primary sulfonamides is 1. The third-order valence-electron chi connectivity index (χ3n) is 8.88. The highest BCUT2D eigenvalue weighted by Crippen LogP contribution is 2.28. The molecule has 4 rings (SSSR count). The molecule has 0 radical (unpaired) electrons. The van der Waals surface area contributed by atoms with Crippen molar-refractivity contribution in [3.05, 3.63) is 65.2 Å². The highest BCUT2D eigenvalue weighted by Gasteiger charge is 2.29. The number of methoxy groups -OCH3 is 2. The third kappa shape index (κ3) is 10.5. The second-order valence-corrected chi connectivity index (χ2v) is 14.3. The van der Waals surface area contributed by atoms with Crippen molar-refractivity contribution in [2.75, 3.05) is 33.9 Å². The fraction of sp³-hybridized carbons (Fsp3) is 0.486. The van der Waals surface area contributed by atoms with E-state index in [1.807, 2.05) is 26.0 Å². The predicted molar refractivity (Wildman–Crippen MR) is 191 cm³/mol. The van der Waals surface area contributed by atoms with Crippen LogP contribution in [0.1, 0.15) is 80.1 Å². The maximum Gasteiger partial charge on any atom is 0.253 e. The summed E-state index contributed by atoms with van der Waals surface area (Å²) in [5.74, 6) is 0.226. The monoisotopic (exact) mass is 740 g/mol. The van der Waals surface area contributed by atoms with Gasteiger partial charge in [-0.15, -0.1) is 0 Å². The molecule has 1 aromatic heterocycles. The van der Waals surface area contributed by atoms with Crippen LogP contribution in [-0.2, 0) is 37.4 Å². The Morgan fingerprint density at radius 3 is 2.35 bits per heavy atom. The first kappa shape index (κ1) is 39.8. The molecule has 1 aliphatic heterocycles. The molecule has 52 heavy (non-hydrogen) atoms. The summed E-state index contributed by atoms with van der Waals surface area (Å²) in [5.41, 5.74) is 1.08. The first-order valence-electron chi connectivity index (χ1n) is 17.2. The molecule has 0 saturated carbocycles. The van der Waals surface area contributed by atoms with Crippen LogP contribution >= 0.6 is 0 Å². The van der Waals surface area contributed by atoms with E-state index >= 15 is 0 Å². The Hall–Kier alpha value is -5.03. The van der Waals surface area contributed by atoms with Gasteiger partial charge in [0, 0.05) is 38.0 Å². The van der Waals surface area contributed by atoms with Gasteiger partial charge >= 0.3 is 0 Å². The zero-order chi connectivity index (χ0) is 38.0. The lowest BCUT2D eigenvalue weighted by Gasteiger charge is -2.26. The Kier molecular flexibility index (Phi) is 13.7. The molecule has 0 spiro atoms. The molecule has 2 heterocycles. The molecule has 2 aromatic carbocycles. The summed E-state index contributed by atoms with van der Waals surface area (Å²) in [5, 5.41) is 18.5. The first-order chi connectivity index (χ1) is 24.7. The lowest BCUT2D eigenvalue weighted by molar-refractivity contribution is -0.130. The van der Waals surface area contributed by atoms with E-state index in [1.165, 1.54) is 28.9 Å². The minimum atomic E-state index is -3.94. The molecule has 16 nitrogen and oxygen atoms in total. The zero-order valence-electron chi connectivity index (χ0n) is 30.2. The normalized spacial score (nSPS) is 18.9. The van der Waals surface area contributed by atoms with Crippen LogP contribution in [0.25, 0.3) is 0 Å². The standard InChI is InChI=1S/C35H48N8O8S/c1-6-22(2)32-34(46)38-23(3)33-39-29(20-24-10-15-27(50-4)28(19-24)51-5)41-43(33)21-31(45)37-16-8-18-42(17-7-9-30(44)40-32)35(47)25-11-13-26(14-12-25)52(36,48)49/h10-15,19,22-23,32H,6-9,16-18,20-21H2,1-5H3,(H,37,45)(H,38,46)(H,40,44)(H2,36,48,49)/t22-,23+,32-/m0/s1. The van der Waals surface area contributed by atoms with Crippen molar-refractivity contribution >= 4 is 33.7 Å². The average Bonchev–Trinajstić information content (AvgIpc) is 3.51. The number of nitrogens with zero attached hydrogens (tertiary/aromatic N) is 4. The number of amides is 4. The van der Waals surface area contributed by atoms with Gasteiger partial charge in [-0.05, 0) is 67.6 Å². The maximum atomic E-state index is 13.7. The Bertz CT molecular complexity index is 1850. The number of rotatable bonds is 8. The summed E-state index contributed by atoms with van der Waals surface area (Å²) >= 11 is 0. The number of aromatic nitrogens is 3. The number of benzene rings is 2. The van der Waals surface area contributed by atoms with Gasteiger partial charge in [-0.25, -0.2) is 23.2 Å². The van der Waals surface area contributed by atoms with E-state index in [0.29, 0.717) is 48.8 Å². The van der Waals surface area contributed by atoms with Crippen LogP contribution < -0.4 is 30.6 Å². The number of carbonyl (C=O) groups is 4. The zero-order valence-corrected chi connectivity index (χ0v) is 31.0. The topological polar surface area (TPSA) is 217 Å². The first-order valence-corrected chi connectivity index (χ1v) is 18.7. The van der Waals surface area contributed by atoms with Gasteiger partial charge in [0.1, 0.15) is 18.4 Å². The fourth-order valence-corrected chi connectivity index (χ4v) is 6.32. The van der Waals surface area contributed by atoms with Crippen molar-refractivity contribution in [1.29, 1.82) is 0 Å². The Labute approximate surface area is 303 Å². The van der Waals surface area contributed by atoms with Crippen LogP contribution in [0.4, 0.5) is 0 Å². The van der Waals surface area contributed by atoms with Crippen molar-refractivity contribution < 1.29 is 37.1 Å². The van der Waals surface area contributed by atoms with E-state index in [2.05, 4.69) is 21.0 Å². The number of carbonyl (C=O) groups excluding carboxylic acids is 4. The van der Waals surface area contributed by atoms with Gasteiger partial charge in [-0.3, -0.25) is 19.2 Å². The second kappa shape index (κ2) is 17.9. The van der Waals surface area contributed by atoms with Crippen LogP contribution in [0.2, 0.25) is 0 Å². The van der Waals surface area contributed by atoms with Crippen LogP contribution in [0.15, 0.2) is 47.4 Å². The SMILES string of the molecule is CC[C@H](C)[C@@H]1NC(=O)CCCN(C(=O)c2ccc(S(N)(=O)=O)cc2)CCCNC(=O)Cn2nc(Cc3ccc(OC)c(OC)c3)nc2[C@@H](C)NC1=O. The van der Waals surface area contributed by atoms with Gasteiger partial charge in [-0.2, -0.15) is 5.10 Å². The fourth-order valence-electron chi connectivity index (χ4n) is 5.81. The van der Waals surface area contributed by atoms with Crippen molar-refractivity contribution in [2.45, 2.75) is 76.4 Å². The summed E-state index contributed by atoms with van der Waals surface area (Å²) in [6.07, 6.45) is 1.68. The summed E-state index contributed by atoms with van der Waals surface area (Å²) < 4.78 is 35.6. The van der Waals surface area contributed by atoms with Gasteiger partial charge in [0.05, 0.1) is 25.2 Å². The quantitative estimate of drug-likeness (QED) is 0.262. The number of nitrogens with one attached hydrogen (secondary N) is 3. The molecule has 1 aliphatic rings. The number of hydrogen-bond acceptors (Lipinski definition) is 10. The molecule has 282 valence electrons. The lowest BCUT2D eigenvalue weighted by atomic mass is 9.97. The highest BCUT2D eigenvalue weighted by atomic mass is 32.2. The van der Waals surface area contributed by atoms with E-state index < -0.39 is 28.0 Å². The summed E-state index contributed by atoms with van der Waals surface area (Å²) in [7, 11) is -0.845. The maximum absolute atomic E-state index is 13.7. The average molecular weight is 741 g/mol. The minimum Gasteiger partial charge on any atom is -0.493 e. The van der Waals surface area contributed by atoms with E-state index in [4.69, 9.17) is 19.6 Å². The minimum absolute atomic E-state index is 0.0501. The van der Waals surface area contributed by atoms with E-state index in [-0.39, 0.29) is 66.7 Å². The molecule has 17 heteroatoms. The third-order valence-corrected chi connectivity index (χ3v) is 9.81. The molecule has 0 bridgehead atoms. The summed E-state index contributed by atoms with van der Waals surface area (Å²) in [6, 6.07) is 9.24. The number of fused-ring (bicyclic) bond motifs is 1. The smallest absolute Gasteiger partial charge is 0.253 e. The molecule has 3 atom stereocenters. The summed E-state index contributed by atoms with van der Waals surface area (Å²) in [4.78, 5) is 59.7. The van der Waals surface area contributed by atoms with Crippen LogP contribution in [0, 0.1) is 5.92 Å². The summed E-state index contributed by atoms with van der Waals surface area (Å²) in [6.45, 7) is 6.05. The van der Waals surface area contributed by atoms with Crippen LogP contribution in [0.5, 0.6) is 11.5 Å². The Morgan fingerprint density at radius 1 is 1.00 bits per heavy atom. The van der Waals surface area contributed by atoms with Gasteiger partial charge in [0.15, 0.2) is 17.3 Å². The van der Waals surface area contributed by atoms with Gasteiger partial charge in [-0.1, -0.05) is 26.3 Å². The molecule has 0 fully saturated rings. The van der Waals surface area contributed by atoms with E-state index in [1.54, 1.807) is 32.1 Å². The number of hydrogen-bond donors (Lipinski definition) is 4. The van der Waals surface area contributed by atoms with E-state index in [0.717, 1.165) is 5.56 Å². The van der Waals surface area contributed by atoms with Gasteiger partial charge < -0.3 is 30.3 Å². The molecule has 4 amide bonds. The highest BCUT2D eigenvalue weighted by molar-refractivity contribution is 7.89. The van der Waals surface area contributed by atoms with Gasteiger partial charge in [0.2, 0.25) is 27.7 Å². The Morgan fingerprint density at radius 2 is 1.69 bits per heavy atom. The molecule has 3 aromatic rings. The number of sulfonamides is 1. The van der Waals surface area contributed by atoms with Crippen molar-refractivity contribution in [3.8, 4) is 11.5 Å². The van der Waals surface area contributed by atoms with Crippen LogP contribution in [-0.4, -0.2) is 91.6 Å². The molecule has 5 N–H and O–H groups in total. The predicted octanol–water partition coefficient (Wildman–Crippen LogP) is 1.68. The second-order valence-electron chi connectivity index (χ2n) is 12.7. The number of ether oxygens (including phenoxy) is 2. The van der Waals surface area contributed by atoms with E-state index in [9.17, 15) is 27.6 Å². The largest absolute Gasteiger partial charge is 0.493 e. The molecular weight excluding hydrogens is 692 g/mol. The van der Waals surface area contributed by atoms with Crippen LogP contribution in [0.3, 0.4) is 0 Å². The molecule has 0 unspecified atom stereocenters. The van der Waals surface area contributed by atoms with Crippen molar-refractivity contribution in [1.82, 2.24) is 35.6 Å². The van der Waals surface area contributed by atoms with Crippen molar-refractivity contribution in [2.24, 2.45) is 11.1 Å². The van der Waals surface area contributed by atoms with Gasteiger partial charge in [0.25, 0.3) is 5.91 Å². The molecule has 0 saturated heterocycles. The molecular formula is C35H48N8O8S. The lowest BCUT2D eigenvalue weighted by Crippen LogP contribution is -2.51. The van der Waals surface area contributed by atoms with Crippen molar-refractivity contribution in [3.63, 3.8) is 0 Å². The molecule has 0 aliphatic carbocycles.